The summed E-state index contributed by atoms with van der Waals surface area (Å²) in [6.45, 7) is 12.4. The van der Waals surface area contributed by atoms with Gasteiger partial charge in [-0.05, 0) is 52.0 Å². The van der Waals surface area contributed by atoms with Crippen molar-refractivity contribution in [1.29, 1.82) is 0 Å². The van der Waals surface area contributed by atoms with E-state index in [2.05, 4.69) is 61.8 Å². The Morgan fingerprint density at radius 2 is 1.67 bits per heavy atom. The number of nitrogens with zero attached hydrogens (tertiary/aromatic N) is 2. The van der Waals surface area contributed by atoms with E-state index in [9.17, 15) is 0 Å². The van der Waals surface area contributed by atoms with Gasteiger partial charge in [0.2, 0.25) is 0 Å². The van der Waals surface area contributed by atoms with Crippen LogP contribution in [0.1, 0.15) is 33.3 Å². The van der Waals surface area contributed by atoms with Crippen LogP contribution in [0.15, 0.2) is 24.3 Å². The second-order valence-corrected chi connectivity index (χ2v) is 6.07. The molecule has 1 saturated heterocycles. The number of anilines is 1. The van der Waals surface area contributed by atoms with E-state index >= 15 is 0 Å². The fraction of sp³-hybridized carbons (Fsp3) is 0.588. The summed E-state index contributed by atoms with van der Waals surface area (Å²) in [4.78, 5) is 5.54. The van der Waals surface area contributed by atoms with Gasteiger partial charge < -0.3 is 14.5 Å². The van der Waals surface area contributed by atoms with Gasteiger partial charge in [-0.3, -0.25) is 0 Å². The summed E-state index contributed by atoms with van der Waals surface area (Å²) in [5.41, 5.74) is 2.39. The molecule has 0 spiro atoms. The molecule has 1 aromatic rings. The van der Waals surface area contributed by atoms with Gasteiger partial charge in [0.05, 0.1) is 12.2 Å². The Morgan fingerprint density at radius 3 is 2.14 bits per heavy atom. The van der Waals surface area contributed by atoms with Crippen molar-refractivity contribution in [2.75, 3.05) is 31.1 Å². The van der Waals surface area contributed by atoms with Gasteiger partial charge in [0, 0.05) is 37.4 Å². The van der Waals surface area contributed by atoms with E-state index in [0.29, 0.717) is 0 Å². The van der Waals surface area contributed by atoms with Gasteiger partial charge in [-0.25, -0.2) is 0 Å². The minimum absolute atomic E-state index is 0.238. The Labute approximate surface area is 133 Å². The van der Waals surface area contributed by atoms with Crippen molar-refractivity contribution in [2.45, 2.75) is 39.9 Å². The van der Waals surface area contributed by atoms with Gasteiger partial charge in [0.25, 0.3) is 0 Å². The highest BCUT2D eigenvalue weighted by Gasteiger charge is 2.24. The molecular formula is C17H26N2OS. The molecular weight excluding hydrogens is 280 g/mol. The van der Waals surface area contributed by atoms with Crippen molar-refractivity contribution in [1.82, 2.24) is 4.90 Å². The van der Waals surface area contributed by atoms with E-state index in [1.807, 2.05) is 0 Å². The lowest BCUT2D eigenvalue weighted by atomic mass is 10.1. The zero-order chi connectivity index (χ0) is 15.4. The molecule has 4 heteroatoms. The predicted octanol–water partition coefficient (Wildman–Crippen LogP) is 3.32. The Balaban J connectivity index is 2.09. The number of ether oxygens (including phenoxy) is 1. The third-order valence-corrected chi connectivity index (χ3v) is 4.44. The predicted molar refractivity (Wildman–Crippen MR) is 93.3 cm³/mol. The average Bonchev–Trinajstić information content (AvgIpc) is 2.47. The van der Waals surface area contributed by atoms with Crippen molar-refractivity contribution in [2.24, 2.45) is 0 Å². The molecule has 0 saturated carbocycles. The quantitative estimate of drug-likeness (QED) is 0.793. The molecule has 1 aromatic carbocycles. The summed E-state index contributed by atoms with van der Waals surface area (Å²) in [5, 5.41) is 0. The van der Waals surface area contributed by atoms with Crippen LogP contribution in [0, 0.1) is 0 Å². The van der Waals surface area contributed by atoms with Crippen LogP contribution in [0.4, 0.5) is 5.69 Å². The van der Waals surface area contributed by atoms with Gasteiger partial charge in [-0.1, -0.05) is 12.2 Å². The number of rotatable bonds is 4. The van der Waals surface area contributed by atoms with Crippen LogP contribution in [0.3, 0.4) is 0 Å². The molecule has 1 heterocycles. The van der Waals surface area contributed by atoms with Crippen molar-refractivity contribution in [3.05, 3.63) is 29.8 Å². The summed E-state index contributed by atoms with van der Waals surface area (Å²) in [7, 11) is 0. The maximum atomic E-state index is 5.77. The van der Waals surface area contributed by atoms with Crippen LogP contribution in [0.25, 0.3) is 0 Å². The second kappa shape index (κ2) is 7.23. The lowest BCUT2D eigenvalue weighted by Crippen LogP contribution is -2.47. The molecule has 2 atom stereocenters. The van der Waals surface area contributed by atoms with Crippen LogP contribution in [-0.4, -0.2) is 48.3 Å². The van der Waals surface area contributed by atoms with Gasteiger partial charge >= 0.3 is 0 Å². The first-order chi connectivity index (χ1) is 10.0. The third kappa shape index (κ3) is 3.95. The fourth-order valence-corrected chi connectivity index (χ4v) is 3.22. The van der Waals surface area contributed by atoms with Crippen LogP contribution in [-0.2, 0) is 4.74 Å². The first-order valence-electron chi connectivity index (χ1n) is 7.84. The van der Waals surface area contributed by atoms with E-state index in [1.54, 1.807) is 0 Å². The molecule has 0 radical (unpaired) electrons. The topological polar surface area (TPSA) is 15.7 Å². The highest BCUT2D eigenvalue weighted by molar-refractivity contribution is 7.80. The maximum absolute atomic E-state index is 5.77. The van der Waals surface area contributed by atoms with E-state index in [-0.39, 0.29) is 12.2 Å². The van der Waals surface area contributed by atoms with Crippen LogP contribution in [0.2, 0.25) is 0 Å². The summed E-state index contributed by atoms with van der Waals surface area (Å²) in [5.74, 6) is 0. The molecule has 0 amide bonds. The smallest absolute Gasteiger partial charge is 0.109 e. The van der Waals surface area contributed by atoms with Gasteiger partial charge in [-0.2, -0.15) is 0 Å². The molecule has 1 aliphatic rings. The molecule has 3 nitrogen and oxygen atoms in total. The monoisotopic (exact) mass is 306 g/mol. The van der Waals surface area contributed by atoms with Gasteiger partial charge in [0.1, 0.15) is 4.99 Å². The average molecular weight is 306 g/mol. The van der Waals surface area contributed by atoms with E-state index in [4.69, 9.17) is 17.0 Å². The Morgan fingerprint density at radius 1 is 1.14 bits per heavy atom. The first-order valence-corrected chi connectivity index (χ1v) is 8.25. The lowest BCUT2D eigenvalue weighted by Gasteiger charge is -2.37. The van der Waals surface area contributed by atoms with Gasteiger partial charge in [-0.15, -0.1) is 0 Å². The van der Waals surface area contributed by atoms with Crippen LogP contribution in [0.5, 0.6) is 0 Å². The van der Waals surface area contributed by atoms with Crippen molar-refractivity contribution in [3.63, 3.8) is 0 Å². The highest BCUT2D eigenvalue weighted by atomic mass is 32.1. The number of morpholine rings is 1. The molecule has 21 heavy (non-hydrogen) atoms. The minimum atomic E-state index is 0.238. The molecule has 2 rings (SSSR count). The van der Waals surface area contributed by atoms with E-state index in [0.717, 1.165) is 36.7 Å². The first kappa shape index (κ1) is 16.2. The molecule has 0 N–H and O–H groups in total. The zero-order valence-corrected chi connectivity index (χ0v) is 14.3. The van der Waals surface area contributed by atoms with Crippen LogP contribution >= 0.6 is 12.2 Å². The van der Waals surface area contributed by atoms with Crippen molar-refractivity contribution >= 4 is 22.9 Å². The Bertz CT molecular complexity index is 460. The number of benzene rings is 1. The molecule has 116 valence electrons. The van der Waals surface area contributed by atoms with Crippen LogP contribution < -0.4 is 4.90 Å². The maximum Gasteiger partial charge on any atom is 0.109 e. The fourth-order valence-electron chi connectivity index (χ4n) is 2.93. The minimum Gasteiger partial charge on any atom is -0.372 e. The zero-order valence-electron chi connectivity index (χ0n) is 13.5. The molecule has 0 aliphatic carbocycles. The second-order valence-electron chi connectivity index (χ2n) is 5.69. The summed E-state index contributed by atoms with van der Waals surface area (Å²) >= 11 is 5.67. The largest absolute Gasteiger partial charge is 0.372 e. The van der Waals surface area contributed by atoms with Crippen molar-refractivity contribution < 1.29 is 4.74 Å². The van der Waals surface area contributed by atoms with E-state index in [1.165, 1.54) is 5.69 Å². The number of hydrogen-bond donors (Lipinski definition) is 0. The molecule has 2 unspecified atom stereocenters. The van der Waals surface area contributed by atoms with Crippen molar-refractivity contribution in [3.8, 4) is 0 Å². The molecule has 0 aromatic heterocycles. The Kier molecular flexibility index (Phi) is 5.59. The normalized spacial score (nSPS) is 22.2. The number of thiocarbonyl (C=S) groups is 1. The molecule has 1 fully saturated rings. The van der Waals surface area contributed by atoms with Gasteiger partial charge in [0.15, 0.2) is 0 Å². The summed E-state index contributed by atoms with van der Waals surface area (Å²) in [6.07, 6.45) is 0.475. The summed E-state index contributed by atoms with van der Waals surface area (Å²) in [6, 6.07) is 8.62. The number of hydrogen-bond acceptors (Lipinski definition) is 3. The SMILES string of the molecule is CCN(CC)c1ccc(C(=S)N2CC(C)OC(C)C2)cc1. The standard InChI is InChI=1S/C17H26N2OS/c1-5-18(6-2)16-9-7-15(8-10-16)17(21)19-11-13(3)20-14(4)12-19/h7-10,13-14H,5-6,11-12H2,1-4H3. The Hall–Kier alpha value is -1.13. The van der Waals surface area contributed by atoms with E-state index < -0.39 is 0 Å². The lowest BCUT2D eigenvalue weighted by molar-refractivity contribution is -0.0472. The highest BCUT2D eigenvalue weighted by Crippen LogP contribution is 2.19. The third-order valence-electron chi connectivity index (χ3n) is 3.95. The summed E-state index contributed by atoms with van der Waals surface area (Å²) < 4.78 is 5.77. The molecule has 1 aliphatic heterocycles. The molecule has 0 bridgehead atoms.